The predicted octanol–water partition coefficient (Wildman–Crippen LogP) is 2.10. The Morgan fingerprint density at radius 1 is 1.40 bits per heavy atom. The van der Waals surface area contributed by atoms with Crippen LogP contribution < -0.4 is 9.47 Å². The van der Waals surface area contributed by atoms with Crippen LogP contribution in [0.1, 0.15) is 25.3 Å². The fraction of sp³-hybridized carbons (Fsp3) is 0.533. The van der Waals surface area contributed by atoms with Crippen LogP contribution in [0.25, 0.3) is 0 Å². The van der Waals surface area contributed by atoms with Crippen LogP contribution in [0.4, 0.5) is 0 Å². The Morgan fingerprint density at radius 2 is 2.20 bits per heavy atom. The summed E-state index contributed by atoms with van der Waals surface area (Å²) >= 11 is 0. The summed E-state index contributed by atoms with van der Waals surface area (Å²) in [4.78, 5) is 13.4. The molecule has 5 heteroatoms. The number of piperidine rings is 1. The molecular weight excluding hydrogens is 258 g/mol. The van der Waals surface area contributed by atoms with Crippen molar-refractivity contribution in [1.29, 1.82) is 0 Å². The molecule has 5 nitrogen and oxygen atoms in total. The Morgan fingerprint density at radius 3 is 3.00 bits per heavy atom. The summed E-state index contributed by atoms with van der Waals surface area (Å²) in [7, 11) is 0. The molecule has 0 spiro atoms. The fourth-order valence-electron chi connectivity index (χ4n) is 2.91. The van der Waals surface area contributed by atoms with Crippen molar-refractivity contribution in [3.05, 3.63) is 23.8 Å². The third-order valence-electron chi connectivity index (χ3n) is 4.08. The highest BCUT2D eigenvalue weighted by atomic mass is 16.7. The first-order valence-electron chi connectivity index (χ1n) is 6.99. The van der Waals surface area contributed by atoms with Gasteiger partial charge in [0.15, 0.2) is 11.5 Å². The van der Waals surface area contributed by atoms with Crippen molar-refractivity contribution in [1.82, 2.24) is 4.90 Å². The number of carboxylic acid groups (broad SMARTS) is 1. The number of ether oxygens (including phenoxy) is 2. The molecule has 2 heterocycles. The summed E-state index contributed by atoms with van der Waals surface area (Å²) in [5.41, 5.74) is 1.06. The number of benzene rings is 1. The van der Waals surface area contributed by atoms with Crippen LogP contribution in [0.5, 0.6) is 11.5 Å². The van der Waals surface area contributed by atoms with Gasteiger partial charge in [-0.05, 0) is 43.0 Å². The lowest BCUT2D eigenvalue weighted by atomic mass is 9.92. The molecular formula is C15H19NO4. The molecule has 0 saturated carbocycles. The number of carbonyl (C=O) groups is 1. The lowest BCUT2D eigenvalue weighted by Gasteiger charge is -2.36. The number of nitrogens with zero attached hydrogens (tertiary/aromatic N) is 1. The smallest absolute Gasteiger partial charge is 0.320 e. The molecule has 2 aliphatic rings. The summed E-state index contributed by atoms with van der Waals surface area (Å²) in [5.74, 6) is 1.26. The van der Waals surface area contributed by atoms with Crippen LogP contribution in [0.15, 0.2) is 18.2 Å². The largest absolute Gasteiger partial charge is 0.480 e. The van der Waals surface area contributed by atoms with Crippen molar-refractivity contribution in [2.75, 3.05) is 13.3 Å². The van der Waals surface area contributed by atoms with Gasteiger partial charge in [0, 0.05) is 6.54 Å². The van der Waals surface area contributed by atoms with Crippen LogP contribution in [0.2, 0.25) is 0 Å². The van der Waals surface area contributed by atoms with E-state index >= 15 is 0 Å². The summed E-state index contributed by atoms with van der Waals surface area (Å²) in [5, 5.41) is 9.37. The Hall–Kier alpha value is -1.75. The number of hydrogen-bond donors (Lipinski definition) is 1. The number of aliphatic carboxylic acids is 1. The highest BCUT2D eigenvalue weighted by Gasteiger charge is 2.31. The van der Waals surface area contributed by atoms with E-state index in [9.17, 15) is 9.90 Å². The predicted molar refractivity (Wildman–Crippen MR) is 72.8 cm³/mol. The Labute approximate surface area is 118 Å². The molecule has 1 fully saturated rings. The molecule has 0 radical (unpaired) electrons. The maximum Gasteiger partial charge on any atom is 0.320 e. The molecule has 2 unspecified atom stereocenters. The second-order valence-corrected chi connectivity index (χ2v) is 5.64. The van der Waals surface area contributed by atoms with E-state index in [-0.39, 0.29) is 12.8 Å². The minimum absolute atomic E-state index is 0.262. The highest BCUT2D eigenvalue weighted by molar-refractivity contribution is 5.73. The van der Waals surface area contributed by atoms with Gasteiger partial charge in [-0.25, -0.2) is 0 Å². The van der Waals surface area contributed by atoms with Gasteiger partial charge in [0.05, 0.1) is 0 Å². The van der Waals surface area contributed by atoms with Crippen LogP contribution >= 0.6 is 0 Å². The molecule has 108 valence electrons. The Bertz CT molecular complexity index is 517. The Balaban J connectivity index is 1.74. The van der Waals surface area contributed by atoms with Gasteiger partial charge < -0.3 is 14.6 Å². The first-order valence-corrected chi connectivity index (χ1v) is 6.99. The molecule has 0 aromatic heterocycles. The lowest BCUT2D eigenvalue weighted by Crippen LogP contribution is -2.46. The number of carboxylic acids is 1. The van der Waals surface area contributed by atoms with Crippen LogP contribution in [0, 0.1) is 5.92 Å². The van der Waals surface area contributed by atoms with E-state index in [1.807, 2.05) is 23.1 Å². The van der Waals surface area contributed by atoms with Gasteiger partial charge in [-0.15, -0.1) is 0 Å². The molecule has 2 aliphatic heterocycles. The number of rotatable bonds is 3. The first kappa shape index (κ1) is 13.2. The second kappa shape index (κ2) is 5.32. The van der Waals surface area contributed by atoms with Gasteiger partial charge in [0.25, 0.3) is 0 Å². The van der Waals surface area contributed by atoms with Crippen LogP contribution in [0.3, 0.4) is 0 Å². The van der Waals surface area contributed by atoms with Crippen molar-refractivity contribution in [2.45, 2.75) is 32.4 Å². The van der Waals surface area contributed by atoms with Crippen molar-refractivity contribution in [3.8, 4) is 11.5 Å². The van der Waals surface area contributed by atoms with Crippen molar-refractivity contribution in [2.24, 2.45) is 5.92 Å². The first-order chi connectivity index (χ1) is 9.63. The third kappa shape index (κ3) is 2.58. The topological polar surface area (TPSA) is 59.0 Å². The molecule has 1 saturated heterocycles. The quantitative estimate of drug-likeness (QED) is 0.917. The molecule has 2 atom stereocenters. The maximum atomic E-state index is 11.4. The average Bonchev–Trinajstić information content (AvgIpc) is 2.88. The zero-order chi connectivity index (χ0) is 14.1. The third-order valence-corrected chi connectivity index (χ3v) is 4.08. The monoisotopic (exact) mass is 277 g/mol. The van der Waals surface area contributed by atoms with Gasteiger partial charge in [-0.3, -0.25) is 9.69 Å². The summed E-state index contributed by atoms with van der Waals surface area (Å²) in [6, 6.07) is 5.42. The van der Waals surface area contributed by atoms with E-state index in [4.69, 9.17) is 9.47 Å². The van der Waals surface area contributed by atoms with Crippen molar-refractivity contribution in [3.63, 3.8) is 0 Å². The molecule has 1 aromatic carbocycles. The zero-order valence-electron chi connectivity index (χ0n) is 11.5. The SMILES string of the molecule is CC1CCN(Cc2ccc3c(c2)OCO3)C(C(=O)O)C1. The molecule has 20 heavy (non-hydrogen) atoms. The van der Waals surface area contributed by atoms with E-state index in [1.54, 1.807) is 0 Å². The Kier molecular flexibility index (Phi) is 3.53. The summed E-state index contributed by atoms with van der Waals surface area (Å²) < 4.78 is 10.6. The molecule has 0 aliphatic carbocycles. The van der Waals surface area contributed by atoms with E-state index in [1.165, 1.54) is 0 Å². The van der Waals surface area contributed by atoms with Gasteiger partial charge in [0.2, 0.25) is 6.79 Å². The highest BCUT2D eigenvalue weighted by Crippen LogP contribution is 2.33. The normalized spacial score (nSPS) is 25.6. The lowest BCUT2D eigenvalue weighted by molar-refractivity contribution is -0.145. The van der Waals surface area contributed by atoms with Crippen LogP contribution in [-0.2, 0) is 11.3 Å². The van der Waals surface area contributed by atoms with Gasteiger partial charge in [-0.2, -0.15) is 0 Å². The molecule has 0 amide bonds. The van der Waals surface area contributed by atoms with E-state index in [0.717, 1.165) is 36.4 Å². The molecule has 0 bridgehead atoms. The second-order valence-electron chi connectivity index (χ2n) is 5.64. The molecule has 1 aromatic rings. The van der Waals surface area contributed by atoms with Gasteiger partial charge in [0.1, 0.15) is 6.04 Å². The maximum absolute atomic E-state index is 11.4. The number of hydrogen-bond acceptors (Lipinski definition) is 4. The van der Waals surface area contributed by atoms with E-state index < -0.39 is 5.97 Å². The average molecular weight is 277 g/mol. The van der Waals surface area contributed by atoms with Crippen molar-refractivity contribution < 1.29 is 19.4 Å². The molecule has 3 rings (SSSR count). The van der Waals surface area contributed by atoms with Gasteiger partial charge >= 0.3 is 5.97 Å². The van der Waals surface area contributed by atoms with Crippen LogP contribution in [-0.4, -0.2) is 35.4 Å². The van der Waals surface area contributed by atoms with Crippen molar-refractivity contribution >= 4 is 5.97 Å². The minimum Gasteiger partial charge on any atom is -0.480 e. The van der Waals surface area contributed by atoms with E-state index in [2.05, 4.69) is 6.92 Å². The zero-order valence-corrected chi connectivity index (χ0v) is 11.5. The summed E-state index contributed by atoms with van der Waals surface area (Å²) in [6.07, 6.45) is 1.77. The standard InChI is InChI=1S/C15H19NO4/c1-10-4-5-16(12(6-10)15(17)18)8-11-2-3-13-14(7-11)20-9-19-13/h2-3,7,10,12H,4-6,8-9H2,1H3,(H,17,18). The minimum atomic E-state index is -0.725. The number of fused-ring (bicyclic) bond motifs is 1. The van der Waals surface area contributed by atoms with E-state index in [0.29, 0.717) is 12.5 Å². The van der Waals surface area contributed by atoms with Gasteiger partial charge in [-0.1, -0.05) is 13.0 Å². The number of likely N-dealkylation sites (tertiary alicyclic amines) is 1. The fourth-order valence-corrected chi connectivity index (χ4v) is 2.91. The summed E-state index contributed by atoms with van der Waals surface area (Å²) in [6.45, 7) is 3.85. The molecule has 1 N–H and O–H groups in total.